The molecule has 0 radical (unpaired) electrons. The van der Waals surface area contributed by atoms with Crippen LogP contribution in [0.1, 0.15) is 52.5 Å². The van der Waals surface area contributed by atoms with Gasteiger partial charge in [-0.15, -0.1) is 0 Å². The van der Waals surface area contributed by atoms with E-state index in [0.29, 0.717) is 46.5 Å². The average molecular weight is 436 g/mol. The van der Waals surface area contributed by atoms with Crippen LogP contribution in [-0.2, 0) is 17.8 Å². The fourth-order valence-corrected chi connectivity index (χ4v) is 4.19. The maximum absolute atomic E-state index is 12.7. The number of carbonyl (C=O) groups excluding carboxylic acids is 1. The van der Waals surface area contributed by atoms with Crippen LogP contribution in [0.15, 0.2) is 16.9 Å². The van der Waals surface area contributed by atoms with Gasteiger partial charge in [-0.05, 0) is 50.6 Å². The molecule has 0 aromatic carbocycles. The van der Waals surface area contributed by atoms with E-state index < -0.39 is 0 Å². The van der Waals surface area contributed by atoms with Gasteiger partial charge in [-0.1, -0.05) is 37.5 Å². The highest BCUT2D eigenvalue weighted by atomic mass is 35.5. The molecule has 3 rings (SSSR count). The number of aryl methyl sites for hydroxylation is 1. The van der Waals surface area contributed by atoms with E-state index in [0.717, 1.165) is 26.1 Å². The Labute approximate surface area is 184 Å². The van der Waals surface area contributed by atoms with Crippen LogP contribution in [0, 0.1) is 11.3 Å². The lowest BCUT2D eigenvalue weighted by atomic mass is 9.91. The highest BCUT2D eigenvalue weighted by molar-refractivity contribution is 6.31. The minimum Gasteiger partial charge on any atom is -0.364 e. The second kappa shape index (κ2) is 9.96. The molecule has 3 heterocycles. The van der Waals surface area contributed by atoms with Crippen molar-refractivity contribution < 1.29 is 9.32 Å². The summed E-state index contributed by atoms with van der Waals surface area (Å²) in [7, 11) is 0. The summed E-state index contributed by atoms with van der Waals surface area (Å²) >= 11 is 6.49. The normalized spacial score (nSPS) is 18.0. The van der Waals surface area contributed by atoms with E-state index in [2.05, 4.69) is 41.2 Å². The van der Waals surface area contributed by atoms with Crippen LogP contribution >= 0.6 is 11.6 Å². The third-order valence-corrected chi connectivity index (χ3v) is 6.09. The zero-order valence-electron chi connectivity index (χ0n) is 18.6. The molecule has 1 amide bonds. The van der Waals surface area contributed by atoms with Crippen LogP contribution in [0.4, 0.5) is 0 Å². The summed E-state index contributed by atoms with van der Waals surface area (Å²) in [5, 5.41) is 12.1. The molecule has 0 spiro atoms. The molecule has 30 heavy (non-hydrogen) atoms. The summed E-state index contributed by atoms with van der Waals surface area (Å²) in [5.74, 6) is 0.454. The summed E-state index contributed by atoms with van der Waals surface area (Å²) < 4.78 is 6.62. The molecule has 1 aliphatic rings. The number of hydrogen-bond donors (Lipinski definition) is 1. The first-order chi connectivity index (χ1) is 14.3. The Morgan fingerprint density at radius 2 is 2.20 bits per heavy atom. The van der Waals surface area contributed by atoms with Gasteiger partial charge in [-0.2, -0.15) is 5.10 Å². The van der Waals surface area contributed by atoms with E-state index in [1.165, 1.54) is 19.1 Å². The zero-order valence-corrected chi connectivity index (χ0v) is 19.3. The molecule has 1 fully saturated rings. The first-order valence-corrected chi connectivity index (χ1v) is 11.3. The maximum Gasteiger partial charge on any atom is 0.224 e. The van der Waals surface area contributed by atoms with Crippen molar-refractivity contribution in [2.24, 2.45) is 11.3 Å². The number of carbonyl (C=O) groups is 1. The lowest BCUT2D eigenvalue weighted by Crippen LogP contribution is -2.42. The predicted molar refractivity (Wildman–Crippen MR) is 118 cm³/mol. The smallest absolute Gasteiger partial charge is 0.224 e. The second-order valence-corrected chi connectivity index (χ2v) is 9.78. The number of nitrogens with zero attached hydrogens (tertiary/aromatic N) is 4. The van der Waals surface area contributed by atoms with Crippen LogP contribution in [0.2, 0.25) is 5.15 Å². The molecular formula is C22H34ClN5O2. The number of piperidine rings is 1. The van der Waals surface area contributed by atoms with Crippen LogP contribution in [0.5, 0.6) is 0 Å². The van der Waals surface area contributed by atoms with E-state index in [4.69, 9.17) is 16.1 Å². The Morgan fingerprint density at radius 1 is 1.40 bits per heavy atom. The number of aromatic nitrogens is 3. The Morgan fingerprint density at radius 3 is 2.87 bits per heavy atom. The van der Waals surface area contributed by atoms with Gasteiger partial charge in [0.2, 0.25) is 5.91 Å². The molecule has 2 aromatic rings. The molecule has 1 N–H and O–H groups in total. The molecular weight excluding hydrogens is 402 g/mol. The lowest BCUT2D eigenvalue weighted by molar-refractivity contribution is -0.120. The molecule has 1 aliphatic heterocycles. The van der Waals surface area contributed by atoms with Crippen LogP contribution in [-0.4, -0.2) is 51.9 Å². The standard InChI is InChI=1S/C22H34ClN5O2/c1-5-28-21(23)17(20(25-28)18-8-12-30-26-18)13-19(29)24-14-16-7-6-10-27(15-16)11-9-22(2,3)4/h8,12,16H,5-7,9-11,13-15H2,1-4H3,(H,24,29). The molecule has 8 heteroatoms. The SMILES string of the molecule is CCn1nc(-c2ccon2)c(CC(=O)NCC2CCCN(CCC(C)(C)C)C2)c1Cl. The molecule has 0 bridgehead atoms. The van der Waals surface area contributed by atoms with Crippen molar-refractivity contribution >= 4 is 17.5 Å². The van der Waals surface area contributed by atoms with Gasteiger partial charge in [0, 0.05) is 31.3 Å². The second-order valence-electron chi connectivity index (χ2n) is 9.42. The van der Waals surface area contributed by atoms with E-state index in [9.17, 15) is 4.79 Å². The predicted octanol–water partition coefficient (Wildman–Crippen LogP) is 4.02. The van der Waals surface area contributed by atoms with Crippen molar-refractivity contribution in [3.8, 4) is 11.4 Å². The van der Waals surface area contributed by atoms with Crippen molar-refractivity contribution in [1.29, 1.82) is 0 Å². The molecule has 7 nitrogen and oxygen atoms in total. The van der Waals surface area contributed by atoms with Crippen molar-refractivity contribution in [2.45, 2.75) is 59.9 Å². The largest absolute Gasteiger partial charge is 0.364 e. The maximum atomic E-state index is 12.7. The van der Waals surface area contributed by atoms with Crippen molar-refractivity contribution in [3.05, 3.63) is 23.0 Å². The fourth-order valence-electron chi connectivity index (χ4n) is 3.88. The Hall–Kier alpha value is -1.86. The third kappa shape index (κ3) is 6.08. The fraction of sp³-hybridized carbons (Fsp3) is 0.682. The Kier molecular flexibility index (Phi) is 7.58. The lowest BCUT2D eigenvalue weighted by Gasteiger charge is -2.34. The highest BCUT2D eigenvalue weighted by Crippen LogP contribution is 2.28. The molecule has 166 valence electrons. The number of halogens is 1. The van der Waals surface area contributed by atoms with Gasteiger partial charge in [0.1, 0.15) is 22.8 Å². The monoisotopic (exact) mass is 435 g/mol. The first-order valence-electron chi connectivity index (χ1n) is 10.9. The van der Waals surface area contributed by atoms with Gasteiger partial charge >= 0.3 is 0 Å². The highest BCUT2D eigenvalue weighted by Gasteiger charge is 2.24. The summed E-state index contributed by atoms with van der Waals surface area (Å²) in [6, 6.07) is 1.73. The Balaban J connectivity index is 1.56. The molecule has 1 unspecified atom stereocenters. The van der Waals surface area contributed by atoms with Crippen LogP contribution in [0.3, 0.4) is 0 Å². The van der Waals surface area contributed by atoms with E-state index >= 15 is 0 Å². The quantitative estimate of drug-likeness (QED) is 0.677. The number of hydrogen-bond acceptors (Lipinski definition) is 5. The van der Waals surface area contributed by atoms with E-state index in [-0.39, 0.29) is 12.3 Å². The third-order valence-electron chi connectivity index (χ3n) is 5.67. The minimum absolute atomic E-state index is 0.0379. The van der Waals surface area contributed by atoms with Crippen molar-refractivity contribution in [3.63, 3.8) is 0 Å². The van der Waals surface area contributed by atoms with E-state index in [1.54, 1.807) is 10.7 Å². The summed E-state index contributed by atoms with van der Waals surface area (Å²) in [4.78, 5) is 15.2. The number of amides is 1. The van der Waals surface area contributed by atoms with Gasteiger partial charge in [0.05, 0.1) is 6.42 Å². The van der Waals surface area contributed by atoms with Gasteiger partial charge < -0.3 is 14.7 Å². The average Bonchev–Trinajstić information content (AvgIpc) is 3.33. The number of rotatable bonds is 8. The van der Waals surface area contributed by atoms with Crippen LogP contribution < -0.4 is 5.32 Å². The number of nitrogens with one attached hydrogen (secondary N) is 1. The molecule has 2 aromatic heterocycles. The van der Waals surface area contributed by atoms with Crippen LogP contribution in [0.25, 0.3) is 11.4 Å². The summed E-state index contributed by atoms with van der Waals surface area (Å²) in [6.07, 6.45) is 5.21. The van der Waals surface area contributed by atoms with Crippen molar-refractivity contribution in [2.75, 3.05) is 26.2 Å². The molecule has 1 saturated heterocycles. The minimum atomic E-state index is -0.0379. The van der Waals surface area contributed by atoms with Gasteiger partial charge in [0.25, 0.3) is 0 Å². The molecule has 1 atom stereocenters. The summed E-state index contributed by atoms with van der Waals surface area (Å²) in [5.41, 5.74) is 2.25. The molecule has 0 aliphatic carbocycles. The van der Waals surface area contributed by atoms with Gasteiger partial charge in [0.15, 0.2) is 0 Å². The zero-order chi connectivity index (χ0) is 21.7. The van der Waals surface area contributed by atoms with Gasteiger partial charge in [-0.3, -0.25) is 9.48 Å². The number of likely N-dealkylation sites (tertiary alicyclic amines) is 1. The van der Waals surface area contributed by atoms with Crippen molar-refractivity contribution in [1.82, 2.24) is 25.2 Å². The first kappa shape index (κ1) is 22.8. The molecule has 0 saturated carbocycles. The summed E-state index contributed by atoms with van der Waals surface area (Å²) in [6.45, 7) is 13.5. The topological polar surface area (TPSA) is 76.2 Å². The van der Waals surface area contributed by atoms with E-state index in [1.807, 2.05) is 6.92 Å². The van der Waals surface area contributed by atoms with Gasteiger partial charge in [-0.25, -0.2) is 0 Å². The Bertz CT molecular complexity index is 825.